The Morgan fingerprint density at radius 3 is 2.59 bits per heavy atom. The standard InChI is InChI=1S/C13H11Br2NS/c1-8-3-4-9(2)12(5-8)17-13-11(15)6-10(14)7-16-13/h3-7H,1-2H3. The van der Waals surface area contributed by atoms with Crippen molar-refractivity contribution in [2.24, 2.45) is 0 Å². The normalized spacial score (nSPS) is 10.6. The molecule has 1 aromatic carbocycles. The smallest absolute Gasteiger partial charge is 0.115 e. The fourth-order valence-electron chi connectivity index (χ4n) is 1.40. The van der Waals surface area contributed by atoms with Gasteiger partial charge in [0.2, 0.25) is 0 Å². The molecule has 0 bridgehead atoms. The summed E-state index contributed by atoms with van der Waals surface area (Å²) in [7, 11) is 0. The zero-order valence-corrected chi connectivity index (χ0v) is 13.5. The second kappa shape index (κ2) is 5.55. The predicted octanol–water partition coefficient (Wildman–Crippen LogP) is 5.37. The molecular weight excluding hydrogens is 362 g/mol. The van der Waals surface area contributed by atoms with E-state index < -0.39 is 0 Å². The van der Waals surface area contributed by atoms with Gasteiger partial charge in [0.05, 0.1) is 4.47 Å². The highest BCUT2D eigenvalue weighted by molar-refractivity contribution is 9.11. The van der Waals surface area contributed by atoms with Crippen molar-refractivity contribution in [1.82, 2.24) is 4.98 Å². The highest BCUT2D eigenvalue weighted by Gasteiger charge is 2.07. The summed E-state index contributed by atoms with van der Waals surface area (Å²) in [6, 6.07) is 8.48. The van der Waals surface area contributed by atoms with E-state index in [1.54, 1.807) is 11.8 Å². The first-order valence-electron chi connectivity index (χ1n) is 5.12. The SMILES string of the molecule is Cc1ccc(C)c(Sc2ncc(Br)cc2Br)c1. The van der Waals surface area contributed by atoms with Crippen LogP contribution in [0.1, 0.15) is 11.1 Å². The molecule has 0 aliphatic carbocycles. The summed E-state index contributed by atoms with van der Waals surface area (Å²) in [6.07, 6.45) is 1.82. The minimum Gasteiger partial charge on any atom is -0.247 e. The summed E-state index contributed by atoms with van der Waals surface area (Å²) in [6.45, 7) is 4.22. The summed E-state index contributed by atoms with van der Waals surface area (Å²) in [5, 5.41) is 0.988. The molecule has 1 aromatic heterocycles. The van der Waals surface area contributed by atoms with E-state index in [2.05, 4.69) is 68.9 Å². The number of nitrogens with zero attached hydrogens (tertiary/aromatic N) is 1. The van der Waals surface area contributed by atoms with Gasteiger partial charge in [0.1, 0.15) is 5.03 Å². The van der Waals surface area contributed by atoms with Crippen LogP contribution in [0.4, 0.5) is 0 Å². The van der Waals surface area contributed by atoms with Crippen LogP contribution in [-0.4, -0.2) is 4.98 Å². The fraction of sp³-hybridized carbons (Fsp3) is 0.154. The van der Waals surface area contributed by atoms with Crippen molar-refractivity contribution in [3.63, 3.8) is 0 Å². The van der Waals surface area contributed by atoms with Gasteiger partial charge in [-0.05, 0) is 69.0 Å². The molecule has 1 nitrogen and oxygen atoms in total. The van der Waals surface area contributed by atoms with Crippen molar-refractivity contribution in [3.8, 4) is 0 Å². The molecule has 0 radical (unpaired) electrons. The van der Waals surface area contributed by atoms with E-state index in [0.29, 0.717) is 0 Å². The number of rotatable bonds is 2. The minimum atomic E-state index is 0.981. The lowest BCUT2D eigenvalue weighted by atomic mass is 10.2. The molecule has 2 rings (SSSR count). The van der Waals surface area contributed by atoms with Gasteiger partial charge in [-0.2, -0.15) is 0 Å². The maximum absolute atomic E-state index is 4.41. The number of benzene rings is 1. The van der Waals surface area contributed by atoms with Crippen molar-refractivity contribution in [2.75, 3.05) is 0 Å². The van der Waals surface area contributed by atoms with Crippen molar-refractivity contribution in [3.05, 3.63) is 50.5 Å². The van der Waals surface area contributed by atoms with Gasteiger partial charge in [-0.1, -0.05) is 23.9 Å². The predicted molar refractivity (Wildman–Crippen MR) is 79.7 cm³/mol. The molecule has 0 N–H and O–H groups in total. The Hall–Kier alpha value is -0.320. The van der Waals surface area contributed by atoms with E-state index in [9.17, 15) is 0 Å². The Morgan fingerprint density at radius 1 is 1.12 bits per heavy atom. The van der Waals surface area contributed by atoms with Crippen molar-refractivity contribution >= 4 is 43.6 Å². The number of aromatic nitrogens is 1. The molecule has 0 aliphatic rings. The molecule has 2 aromatic rings. The number of aryl methyl sites for hydroxylation is 2. The first kappa shape index (κ1) is 13.1. The zero-order chi connectivity index (χ0) is 12.4. The average Bonchev–Trinajstić information content (AvgIpc) is 2.27. The van der Waals surface area contributed by atoms with Gasteiger partial charge in [0.15, 0.2) is 0 Å². The Balaban J connectivity index is 2.34. The molecule has 0 saturated heterocycles. The summed E-state index contributed by atoms with van der Waals surface area (Å²) >= 11 is 8.63. The van der Waals surface area contributed by atoms with E-state index >= 15 is 0 Å². The van der Waals surface area contributed by atoms with Crippen LogP contribution < -0.4 is 0 Å². The third-order valence-electron chi connectivity index (χ3n) is 2.32. The Labute approximate surface area is 122 Å². The molecule has 0 saturated carbocycles. The van der Waals surface area contributed by atoms with Crippen LogP contribution in [0.2, 0.25) is 0 Å². The molecule has 0 atom stereocenters. The summed E-state index contributed by atoms with van der Waals surface area (Å²) < 4.78 is 1.99. The molecule has 0 amide bonds. The molecule has 0 unspecified atom stereocenters. The molecule has 0 aliphatic heterocycles. The number of pyridine rings is 1. The van der Waals surface area contributed by atoms with Gasteiger partial charge in [-0.25, -0.2) is 4.98 Å². The number of hydrogen-bond donors (Lipinski definition) is 0. The number of halogens is 2. The highest BCUT2D eigenvalue weighted by atomic mass is 79.9. The van der Waals surface area contributed by atoms with Crippen LogP contribution in [-0.2, 0) is 0 Å². The lowest BCUT2D eigenvalue weighted by Gasteiger charge is -2.07. The zero-order valence-electron chi connectivity index (χ0n) is 9.50. The van der Waals surface area contributed by atoms with Crippen LogP contribution in [0.15, 0.2) is 49.3 Å². The van der Waals surface area contributed by atoms with E-state index in [4.69, 9.17) is 0 Å². The highest BCUT2D eigenvalue weighted by Crippen LogP contribution is 2.35. The van der Waals surface area contributed by atoms with Gasteiger partial charge in [0, 0.05) is 15.6 Å². The Kier molecular flexibility index (Phi) is 4.28. The molecule has 17 heavy (non-hydrogen) atoms. The quantitative estimate of drug-likeness (QED) is 0.702. The first-order valence-corrected chi connectivity index (χ1v) is 7.52. The van der Waals surface area contributed by atoms with Crippen molar-refractivity contribution < 1.29 is 0 Å². The maximum atomic E-state index is 4.41. The van der Waals surface area contributed by atoms with E-state index in [-0.39, 0.29) is 0 Å². The molecule has 0 fully saturated rings. The molecule has 1 heterocycles. The lowest BCUT2D eigenvalue weighted by molar-refractivity contribution is 1.09. The lowest BCUT2D eigenvalue weighted by Crippen LogP contribution is -1.85. The van der Waals surface area contributed by atoms with E-state index in [0.717, 1.165) is 14.0 Å². The van der Waals surface area contributed by atoms with E-state index in [1.165, 1.54) is 16.0 Å². The first-order chi connectivity index (χ1) is 8.06. The molecule has 88 valence electrons. The summed E-state index contributed by atoms with van der Waals surface area (Å²) in [4.78, 5) is 5.66. The van der Waals surface area contributed by atoms with Gasteiger partial charge >= 0.3 is 0 Å². The number of hydrogen-bond acceptors (Lipinski definition) is 2. The van der Waals surface area contributed by atoms with Crippen molar-refractivity contribution in [1.29, 1.82) is 0 Å². The second-order valence-corrected chi connectivity index (χ2v) is 6.61. The topological polar surface area (TPSA) is 12.9 Å². The minimum absolute atomic E-state index is 0.981. The van der Waals surface area contributed by atoms with E-state index in [1.807, 2.05) is 12.3 Å². The summed E-state index contributed by atoms with van der Waals surface area (Å²) in [5.41, 5.74) is 2.54. The Morgan fingerprint density at radius 2 is 1.88 bits per heavy atom. The van der Waals surface area contributed by atoms with Gasteiger partial charge in [-0.3, -0.25) is 0 Å². The van der Waals surface area contributed by atoms with Crippen molar-refractivity contribution in [2.45, 2.75) is 23.8 Å². The van der Waals surface area contributed by atoms with Crippen LogP contribution in [0.3, 0.4) is 0 Å². The molecule has 0 spiro atoms. The maximum Gasteiger partial charge on any atom is 0.115 e. The van der Waals surface area contributed by atoms with Crippen LogP contribution >= 0.6 is 43.6 Å². The third-order valence-corrected chi connectivity index (χ3v) is 4.80. The van der Waals surface area contributed by atoms with Crippen LogP contribution in [0.5, 0.6) is 0 Å². The average molecular weight is 373 g/mol. The molecular formula is C13H11Br2NS. The molecule has 4 heteroatoms. The van der Waals surface area contributed by atoms with Gasteiger partial charge < -0.3 is 0 Å². The summed E-state index contributed by atoms with van der Waals surface area (Å²) in [5.74, 6) is 0. The van der Waals surface area contributed by atoms with Gasteiger partial charge in [0.25, 0.3) is 0 Å². The Bertz CT molecular complexity index is 555. The second-order valence-electron chi connectivity index (χ2n) is 3.81. The third kappa shape index (κ3) is 3.33. The fourth-order valence-corrected chi connectivity index (χ4v) is 3.57. The van der Waals surface area contributed by atoms with Gasteiger partial charge in [-0.15, -0.1) is 0 Å². The van der Waals surface area contributed by atoms with Crippen LogP contribution in [0, 0.1) is 13.8 Å². The largest absolute Gasteiger partial charge is 0.247 e. The monoisotopic (exact) mass is 371 g/mol. The van der Waals surface area contributed by atoms with Crippen LogP contribution in [0.25, 0.3) is 0 Å².